The summed E-state index contributed by atoms with van der Waals surface area (Å²) >= 11 is 0. The third kappa shape index (κ3) is 3.56. The molecule has 1 aromatic rings. The van der Waals surface area contributed by atoms with Gasteiger partial charge in [-0.2, -0.15) is 0 Å². The number of hydrogen-bond acceptors (Lipinski definition) is 4. The molecule has 2 N–H and O–H groups in total. The molecule has 0 saturated heterocycles. The molecule has 0 fully saturated rings. The van der Waals surface area contributed by atoms with E-state index in [9.17, 15) is 4.79 Å². The van der Waals surface area contributed by atoms with Crippen LogP contribution in [0, 0.1) is 12.3 Å². The molecule has 0 aliphatic rings. The molecule has 0 bridgehead atoms. The predicted molar refractivity (Wildman–Crippen MR) is 63.7 cm³/mol. The highest BCUT2D eigenvalue weighted by Gasteiger charge is 2.27. The fraction of sp³-hybridized carbons (Fsp3) is 0.667. The zero-order chi connectivity index (χ0) is 13.1. The Morgan fingerprint density at radius 3 is 2.65 bits per heavy atom. The molecule has 5 heteroatoms. The summed E-state index contributed by atoms with van der Waals surface area (Å²) < 4.78 is 4.85. The molecule has 1 atom stereocenters. The Hall–Kier alpha value is -1.36. The molecule has 0 radical (unpaired) electrons. The number of nitrogens with one attached hydrogen (secondary N) is 1. The summed E-state index contributed by atoms with van der Waals surface area (Å²) in [7, 11) is 0. The van der Waals surface area contributed by atoms with Crippen molar-refractivity contribution in [3.8, 4) is 0 Å². The highest BCUT2D eigenvalue weighted by molar-refractivity contribution is 5.94. The second-order valence-electron chi connectivity index (χ2n) is 5.20. The van der Waals surface area contributed by atoms with Crippen molar-refractivity contribution in [1.82, 2.24) is 10.5 Å². The van der Waals surface area contributed by atoms with Gasteiger partial charge in [0.15, 0.2) is 0 Å². The van der Waals surface area contributed by atoms with Crippen LogP contribution in [0.4, 0.5) is 0 Å². The van der Waals surface area contributed by atoms with Crippen LogP contribution in [0.25, 0.3) is 0 Å². The van der Waals surface area contributed by atoms with E-state index in [1.807, 2.05) is 20.8 Å². The molecule has 0 aliphatic carbocycles. The lowest BCUT2D eigenvalue weighted by molar-refractivity contribution is 0.0883. The Bertz CT molecular complexity index is 379. The van der Waals surface area contributed by atoms with Crippen molar-refractivity contribution in [3.63, 3.8) is 0 Å². The first-order valence-electron chi connectivity index (χ1n) is 5.69. The molecule has 1 amide bonds. The van der Waals surface area contributed by atoms with Crippen molar-refractivity contribution in [1.29, 1.82) is 0 Å². The van der Waals surface area contributed by atoms with Crippen LogP contribution in [0.15, 0.2) is 10.7 Å². The van der Waals surface area contributed by atoms with Crippen molar-refractivity contribution in [3.05, 3.63) is 17.5 Å². The molecule has 1 heterocycles. The van der Waals surface area contributed by atoms with Crippen molar-refractivity contribution in [2.75, 3.05) is 6.61 Å². The number of nitrogens with zero attached hydrogens (tertiary/aromatic N) is 1. The number of aliphatic hydroxyl groups is 1. The van der Waals surface area contributed by atoms with Gasteiger partial charge >= 0.3 is 0 Å². The number of aryl methyl sites for hydroxylation is 1. The smallest absolute Gasteiger partial charge is 0.256 e. The van der Waals surface area contributed by atoms with Crippen molar-refractivity contribution in [2.24, 2.45) is 5.41 Å². The SMILES string of the molecule is Cc1oncc1C(=O)NC(CCO)C(C)(C)C. The molecule has 0 aromatic carbocycles. The standard InChI is InChI=1S/C12H20N2O3/c1-8-9(7-13-17-8)11(16)14-10(5-6-15)12(2,3)4/h7,10,15H,5-6H2,1-4H3,(H,14,16). The number of carbonyl (C=O) groups excluding carboxylic acids is 1. The van der Waals surface area contributed by atoms with E-state index >= 15 is 0 Å². The van der Waals surface area contributed by atoms with Crippen molar-refractivity contribution >= 4 is 5.91 Å². The minimum absolute atomic E-state index is 0.0465. The van der Waals surface area contributed by atoms with E-state index in [1.165, 1.54) is 6.20 Å². The molecule has 1 unspecified atom stereocenters. The maximum Gasteiger partial charge on any atom is 0.256 e. The lowest BCUT2D eigenvalue weighted by Gasteiger charge is -2.31. The zero-order valence-electron chi connectivity index (χ0n) is 10.8. The van der Waals surface area contributed by atoms with Crippen LogP contribution in [0.3, 0.4) is 0 Å². The van der Waals surface area contributed by atoms with E-state index in [1.54, 1.807) is 6.92 Å². The summed E-state index contributed by atoms with van der Waals surface area (Å²) in [6.45, 7) is 7.81. The topological polar surface area (TPSA) is 75.4 Å². The van der Waals surface area contributed by atoms with Crippen LogP contribution in [0.1, 0.15) is 43.3 Å². The van der Waals surface area contributed by atoms with Crippen LogP contribution in [-0.4, -0.2) is 28.8 Å². The van der Waals surface area contributed by atoms with E-state index in [0.29, 0.717) is 17.7 Å². The summed E-state index contributed by atoms with van der Waals surface area (Å²) in [6, 6.07) is -0.0886. The van der Waals surface area contributed by atoms with Crippen LogP contribution in [0.2, 0.25) is 0 Å². The lowest BCUT2D eigenvalue weighted by Crippen LogP contribution is -2.44. The van der Waals surface area contributed by atoms with Gasteiger partial charge < -0.3 is 14.9 Å². The quantitative estimate of drug-likeness (QED) is 0.836. The summed E-state index contributed by atoms with van der Waals surface area (Å²) in [5.74, 6) is 0.288. The van der Waals surface area contributed by atoms with Crippen LogP contribution in [0.5, 0.6) is 0 Å². The molecule has 17 heavy (non-hydrogen) atoms. The largest absolute Gasteiger partial charge is 0.396 e. The highest BCUT2D eigenvalue weighted by Crippen LogP contribution is 2.22. The van der Waals surface area contributed by atoms with E-state index in [0.717, 1.165) is 0 Å². The van der Waals surface area contributed by atoms with Gasteiger partial charge in [-0.1, -0.05) is 25.9 Å². The maximum absolute atomic E-state index is 12.0. The number of aliphatic hydroxyl groups excluding tert-OH is 1. The third-order valence-corrected chi connectivity index (χ3v) is 2.76. The number of carbonyl (C=O) groups is 1. The Morgan fingerprint density at radius 2 is 2.24 bits per heavy atom. The molecule has 96 valence electrons. The Balaban J connectivity index is 2.75. The molecule has 1 aromatic heterocycles. The molecule has 5 nitrogen and oxygen atoms in total. The normalized spacial score (nSPS) is 13.5. The molecule has 0 aliphatic heterocycles. The number of rotatable bonds is 4. The van der Waals surface area contributed by atoms with Gasteiger partial charge in [-0.15, -0.1) is 0 Å². The first-order valence-corrected chi connectivity index (χ1v) is 5.69. The highest BCUT2D eigenvalue weighted by atomic mass is 16.5. The molecule has 0 saturated carbocycles. The van der Waals surface area contributed by atoms with Gasteiger partial charge in [-0.05, 0) is 18.8 Å². The van der Waals surface area contributed by atoms with Gasteiger partial charge in [0.25, 0.3) is 5.91 Å². The Labute approximate surface area is 101 Å². The van der Waals surface area contributed by atoms with Gasteiger partial charge in [-0.3, -0.25) is 4.79 Å². The number of aromatic nitrogens is 1. The maximum atomic E-state index is 12.0. The zero-order valence-corrected chi connectivity index (χ0v) is 10.8. The minimum Gasteiger partial charge on any atom is -0.396 e. The Morgan fingerprint density at radius 1 is 1.59 bits per heavy atom. The van der Waals surface area contributed by atoms with Gasteiger partial charge in [0.1, 0.15) is 11.3 Å². The van der Waals surface area contributed by atoms with Crippen LogP contribution >= 0.6 is 0 Å². The summed E-state index contributed by atoms with van der Waals surface area (Å²) in [4.78, 5) is 12.0. The summed E-state index contributed by atoms with van der Waals surface area (Å²) in [6.07, 6.45) is 1.93. The number of hydrogen-bond donors (Lipinski definition) is 2. The Kier molecular flexibility index (Phi) is 4.28. The van der Waals surface area contributed by atoms with Crippen molar-refractivity contribution < 1.29 is 14.4 Å². The van der Waals surface area contributed by atoms with Crippen LogP contribution < -0.4 is 5.32 Å². The van der Waals surface area contributed by atoms with Gasteiger partial charge in [-0.25, -0.2) is 0 Å². The van der Waals surface area contributed by atoms with E-state index < -0.39 is 0 Å². The van der Waals surface area contributed by atoms with Crippen LogP contribution in [-0.2, 0) is 0 Å². The first-order chi connectivity index (χ1) is 7.86. The fourth-order valence-corrected chi connectivity index (χ4v) is 1.60. The molecule has 1 rings (SSSR count). The molecular weight excluding hydrogens is 220 g/mol. The van der Waals surface area contributed by atoms with Gasteiger partial charge in [0.05, 0.1) is 6.20 Å². The summed E-state index contributed by atoms with van der Waals surface area (Å²) in [5, 5.41) is 15.5. The first kappa shape index (κ1) is 13.7. The predicted octanol–water partition coefficient (Wildman–Crippen LogP) is 1.51. The second-order valence-corrected chi connectivity index (χ2v) is 5.20. The monoisotopic (exact) mass is 240 g/mol. The molecular formula is C12H20N2O3. The summed E-state index contributed by atoms with van der Waals surface area (Å²) in [5.41, 5.74) is 0.334. The fourth-order valence-electron chi connectivity index (χ4n) is 1.60. The minimum atomic E-state index is -0.211. The van der Waals surface area contributed by atoms with Gasteiger partial charge in [0, 0.05) is 12.6 Å². The van der Waals surface area contributed by atoms with E-state index in [-0.39, 0.29) is 24.0 Å². The molecule has 0 spiro atoms. The third-order valence-electron chi connectivity index (χ3n) is 2.76. The number of amides is 1. The lowest BCUT2D eigenvalue weighted by atomic mass is 9.85. The average molecular weight is 240 g/mol. The van der Waals surface area contributed by atoms with E-state index in [2.05, 4.69) is 10.5 Å². The second kappa shape index (κ2) is 5.31. The van der Waals surface area contributed by atoms with Crippen molar-refractivity contribution in [2.45, 2.75) is 40.2 Å². The van der Waals surface area contributed by atoms with E-state index in [4.69, 9.17) is 9.63 Å². The average Bonchev–Trinajstić information content (AvgIpc) is 2.62. The van der Waals surface area contributed by atoms with Gasteiger partial charge in [0.2, 0.25) is 0 Å².